The molecule has 0 aliphatic rings. The van der Waals surface area contributed by atoms with Crippen LogP contribution in [0.15, 0.2) is 54.6 Å². The largest absolute Gasteiger partial charge is 0.303 e. The third-order valence-electron chi connectivity index (χ3n) is 3.06. The summed E-state index contributed by atoms with van der Waals surface area (Å²) in [5.74, 6) is 0.102. The second-order valence-corrected chi connectivity index (χ2v) is 4.80. The molecule has 0 radical (unpaired) electrons. The SMILES string of the molecule is CC(C=O)Cc1ccc(Cc2ccccc2)cc1. The molecule has 0 amide bonds. The van der Waals surface area contributed by atoms with Crippen LogP contribution in [0.3, 0.4) is 0 Å². The normalized spacial score (nSPS) is 12.1. The van der Waals surface area contributed by atoms with Crippen LogP contribution < -0.4 is 0 Å². The van der Waals surface area contributed by atoms with E-state index in [0.717, 1.165) is 19.1 Å². The number of hydrogen-bond donors (Lipinski definition) is 0. The second kappa shape index (κ2) is 6.15. The van der Waals surface area contributed by atoms with Crippen LogP contribution in [0, 0.1) is 5.92 Å². The molecule has 1 nitrogen and oxygen atoms in total. The molecule has 0 aromatic heterocycles. The van der Waals surface area contributed by atoms with Gasteiger partial charge in [0, 0.05) is 5.92 Å². The number of aldehydes is 1. The van der Waals surface area contributed by atoms with Gasteiger partial charge in [-0.05, 0) is 29.5 Å². The minimum atomic E-state index is 0.102. The molecule has 18 heavy (non-hydrogen) atoms. The maximum Gasteiger partial charge on any atom is 0.123 e. The van der Waals surface area contributed by atoms with E-state index in [1.807, 2.05) is 13.0 Å². The van der Waals surface area contributed by atoms with E-state index in [1.165, 1.54) is 16.7 Å². The predicted octanol–water partition coefficient (Wildman–Crippen LogP) is 3.65. The molecular formula is C17H18O. The Labute approximate surface area is 108 Å². The maximum absolute atomic E-state index is 10.6. The number of carbonyl (C=O) groups is 1. The summed E-state index contributed by atoms with van der Waals surface area (Å²) in [5.41, 5.74) is 3.86. The average Bonchev–Trinajstić information content (AvgIpc) is 2.42. The van der Waals surface area contributed by atoms with Crippen molar-refractivity contribution in [3.8, 4) is 0 Å². The highest BCUT2D eigenvalue weighted by Gasteiger charge is 2.02. The summed E-state index contributed by atoms with van der Waals surface area (Å²) in [6, 6.07) is 19.0. The fraction of sp³-hybridized carbons (Fsp3) is 0.235. The summed E-state index contributed by atoms with van der Waals surface area (Å²) >= 11 is 0. The Morgan fingerprint density at radius 1 is 0.889 bits per heavy atom. The van der Waals surface area contributed by atoms with Crippen molar-refractivity contribution in [3.63, 3.8) is 0 Å². The lowest BCUT2D eigenvalue weighted by Crippen LogP contribution is -2.00. The van der Waals surface area contributed by atoms with E-state index in [9.17, 15) is 4.79 Å². The molecule has 0 heterocycles. The maximum atomic E-state index is 10.6. The molecule has 1 unspecified atom stereocenters. The summed E-state index contributed by atoms with van der Waals surface area (Å²) < 4.78 is 0. The zero-order valence-electron chi connectivity index (χ0n) is 10.7. The van der Waals surface area contributed by atoms with E-state index in [2.05, 4.69) is 48.5 Å². The van der Waals surface area contributed by atoms with E-state index >= 15 is 0 Å². The summed E-state index contributed by atoms with van der Waals surface area (Å²) in [6.45, 7) is 1.95. The first kappa shape index (κ1) is 12.6. The average molecular weight is 238 g/mol. The molecule has 0 fully saturated rings. The minimum absolute atomic E-state index is 0.102. The number of hydrogen-bond acceptors (Lipinski definition) is 1. The fourth-order valence-electron chi connectivity index (χ4n) is 2.04. The van der Waals surface area contributed by atoms with Crippen molar-refractivity contribution in [2.45, 2.75) is 19.8 Å². The lowest BCUT2D eigenvalue weighted by molar-refractivity contribution is -0.110. The van der Waals surface area contributed by atoms with Crippen LogP contribution in [0.1, 0.15) is 23.6 Å². The molecule has 0 saturated carbocycles. The molecule has 0 bridgehead atoms. The van der Waals surface area contributed by atoms with Gasteiger partial charge in [0.05, 0.1) is 0 Å². The Morgan fingerprint density at radius 3 is 2.06 bits per heavy atom. The molecule has 2 aromatic rings. The first-order chi connectivity index (χ1) is 8.78. The quantitative estimate of drug-likeness (QED) is 0.727. The molecular weight excluding hydrogens is 220 g/mol. The van der Waals surface area contributed by atoms with Crippen LogP contribution in [-0.4, -0.2) is 6.29 Å². The Morgan fingerprint density at radius 2 is 1.44 bits per heavy atom. The van der Waals surface area contributed by atoms with E-state index in [1.54, 1.807) is 0 Å². The molecule has 2 rings (SSSR count). The molecule has 1 atom stereocenters. The predicted molar refractivity (Wildman–Crippen MR) is 74.6 cm³/mol. The summed E-state index contributed by atoms with van der Waals surface area (Å²) in [7, 11) is 0. The Hall–Kier alpha value is -1.89. The van der Waals surface area contributed by atoms with Gasteiger partial charge in [0.25, 0.3) is 0 Å². The third kappa shape index (κ3) is 3.56. The van der Waals surface area contributed by atoms with Crippen molar-refractivity contribution in [2.24, 2.45) is 5.92 Å². The molecule has 1 heteroatoms. The molecule has 0 aliphatic heterocycles. The van der Waals surface area contributed by atoms with Crippen LogP contribution in [0.2, 0.25) is 0 Å². The summed E-state index contributed by atoms with van der Waals surface area (Å²) in [6.07, 6.45) is 2.80. The zero-order valence-corrected chi connectivity index (χ0v) is 10.7. The van der Waals surface area contributed by atoms with Crippen molar-refractivity contribution in [2.75, 3.05) is 0 Å². The Balaban J connectivity index is 2.02. The van der Waals surface area contributed by atoms with Gasteiger partial charge in [-0.2, -0.15) is 0 Å². The van der Waals surface area contributed by atoms with Crippen LogP contribution in [0.5, 0.6) is 0 Å². The van der Waals surface area contributed by atoms with Crippen molar-refractivity contribution in [1.29, 1.82) is 0 Å². The monoisotopic (exact) mass is 238 g/mol. The number of carbonyl (C=O) groups excluding carboxylic acids is 1. The first-order valence-electron chi connectivity index (χ1n) is 6.35. The van der Waals surface area contributed by atoms with Crippen LogP contribution >= 0.6 is 0 Å². The molecule has 0 aliphatic carbocycles. The van der Waals surface area contributed by atoms with Gasteiger partial charge < -0.3 is 4.79 Å². The van der Waals surface area contributed by atoms with Gasteiger partial charge >= 0.3 is 0 Å². The van der Waals surface area contributed by atoms with Crippen LogP contribution in [-0.2, 0) is 17.6 Å². The zero-order chi connectivity index (χ0) is 12.8. The molecule has 0 saturated heterocycles. The van der Waals surface area contributed by atoms with Gasteiger partial charge in [0.2, 0.25) is 0 Å². The first-order valence-corrected chi connectivity index (χ1v) is 6.35. The van der Waals surface area contributed by atoms with Crippen LogP contribution in [0.4, 0.5) is 0 Å². The van der Waals surface area contributed by atoms with Crippen molar-refractivity contribution in [3.05, 3.63) is 71.3 Å². The van der Waals surface area contributed by atoms with Gasteiger partial charge in [-0.1, -0.05) is 61.5 Å². The third-order valence-corrected chi connectivity index (χ3v) is 3.06. The Kier molecular flexibility index (Phi) is 4.30. The summed E-state index contributed by atoms with van der Waals surface area (Å²) in [4.78, 5) is 10.6. The second-order valence-electron chi connectivity index (χ2n) is 4.80. The number of benzene rings is 2. The lowest BCUT2D eigenvalue weighted by Gasteiger charge is -2.06. The van der Waals surface area contributed by atoms with E-state index in [-0.39, 0.29) is 5.92 Å². The van der Waals surface area contributed by atoms with Gasteiger partial charge in [-0.15, -0.1) is 0 Å². The van der Waals surface area contributed by atoms with Gasteiger partial charge in [0.15, 0.2) is 0 Å². The van der Waals surface area contributed by atoms with Crippen molar-refractivity contribution >= 4 is 6.29 Å². The highest BCUT2D eigenvalue weighted by Crippen LogP contribution is 2.12. The highest BCUT2D eigenvalue weighted by atomic mass is 16.1. The smallest absolute Gasteiger partial charge is 0.123 e. The molecule has 92 valence electrons. The topological polar surface area (TPSA) is 17.1 Å². The number of rotatable bonds is 5. The summed E-state index contributed by atoms with van der Waals surface area (Å²) in [5, 5.41) is 0. The highest BCUT2D eigenvalue weighted by molar-refractivity contribution is 5.53. The Bertz CT molecular complexity index is 485. The van der Waals surface area contributed by atoms with Gasteiger partial charge in [-0.25, -0.2) is 0 Å². The van der Waals surface area contributed by atoms with E-state index in [4.69, 9.17) is 0 Å². The molecule has 0 N–H and O–H groups in total. The molecule has 0 spiro atoms. The lowest BCUT2D eigenvalue weighted by atomic mass is 9.99. The van der Waals surface area contributed by atoms with E-state index in [0.29, 0.717) is 0 Å². The van der Waals surface area contributed by atoms with Gasteiger partial charge in [-0.3, -0.25) is 0 Å². The van der Waals surface area contributed by atoms with E-state index < -0.39 is 0 Å². The van der Waals surface area contributed by atoms with Crippen LogP contribution in [0.25, 0.3) is 0 Å². The molecule has 2 aromatic carbocycles. The minimum Gasteiger partial charge on any atom is -0.303 e. The van der Waals surface area contributed by atoms with Gasteiger partial charge in [0.1, 0.15) is 6.29 Å². The van der Waals surface area contributed by atoms with Crippen molar-refractivity contribution < 1.29 is 4.79 Å². The fourth-order valence-corrected chi connectivity index (χ4v) is 2.04. The van der Waals surface area contributed by atoms with Crippen molar-refractivity contribution in [1.82, 2.24) is 0 Å². The standard InChI is InChI=1S/C17H18O/c1-14(13-18)11-16-7-9-17(10-8-16)12-15-5-3-2-4-6-15/h2-10,13-14H,11-12H2,1H3.